The monoisotopic (exact) mass is 233 g/mol. The van der Waals surface area contributed by atoms with Gasteiger partial charge in [0.15, 0.2) is 5.82 Å². The molecule has 0 aliphatic rings. The molecule has 6 heteroatoms. The number of aromatic nitrogens is 3. The first-order valence-electron chi connectivity index (χ1n) is 5.56. The van der Waals surface area contributed by atoms with E-state index in [1.807, 2.05) is 6.07 Å². The highest BCUT2D eigenvalue weighted by Crippen LogP contribution is 2.13. The SMILES string of the molecule is CCCNc1cncc(NCc2ncon2)c1. The van der Waals surface area contributed by atoms with Crippen LogP contribution in [0.1, 0.15) is 19.2 Å². The van der Waals surface area contributed by atoms with Crippen LogP contribution in [0, 0.1) is 0 Å². The van der Waals surface area contributed by atoms with Crippen molar-refractivity contribution in [3.8, 4) is 0 Å². The van der Waals surface area contributed by atoms with Gasteiger partial charge in [0.05, 0.1) is 30.3 Å². The van der Waals surface area contributed by atoms with Crippen LogP contribution in [-0.2, 0) is 6.54 Å². The molecule has 0 saturated heterocycles. The molecule has 90 valence electrons. The molecule has 6 nitrogen and oxygen atoms in total. The predicted molar refractivity (Wildman–Crippen MR) is 64.6 cm³/mol. The zero-order valence-corrected chi connectivity index (χ0v) is 9.68. The van der Waals surface area contributed by atoms with Crippen LogP contribution in [0.5, 0.6) is 0 Å². The van der Waals surface area contributed by atoms with E-state index in [0.717, 1.165) is 24.3 Å². The molecular weight excluding hydrogens is 218 g/mol. The van der Waals surface area contributed by atoms with Gasteiger partial charge >= 0.3 is 0 Å². The lowest BCUT2D eigenvalue weighted by Crippen LogP contribution is -2.04. The summed E-state index contributed by atoms with van der Waals surface area (Å²) < 4.78 is 4.65. The summed E-state index contributed by atoms with van der Waals surface area (Å²) in [6.07, 6.45) is 5.96. The van der Waals surface area contributed by atoms with Gasteiger partial charge in [0.2, 0.25) is 6.39 Å². The van der Waals surface area contributed by atoms with Gasteiger partial charge in [-0.1, -0.05) is 12.1 Å². The van der Waals surface area contributed by atoms with Gasteiger partial charge in [-0.15, -0.1) is 0 Å². The van der Waals surface area contributed by atoms with Crippen molar-refractivity contribution in [3.63, 3.8) is 0 Å². The molecule has 0 aliphatic carbocycles. The molecule has 0 bridgehead atoms. The molecule has 0 spiro atoms. The van der Waals surface area contributed by atoms with E-state index in [4.69, 9.17) is 0 Å². The van der Waals surface area contributed by atoms with Crippen LogP contribution in [0.3, 0.4) is 0 Å². The first-order chi connectivity index (χ1) is 8.38. The number of hydrogen-bond acceptors (Lipinski definition) is 6. The molecule has 2 N–H and O–H groups in total. The predicted octanol–water partition coefficient (Wildman–Crippen LogP) is 1.90. The van der Waals surface area contributed by atoms with Crippen molar-refractivity contribution in [2.24, 2.45) is 0 Å². The average Bonchev–Trinajstić information content (AvgIpc) is 2.87. The van der Waals surface area contributed by atoms with Crippen LogP contribution < -0.4 is 10.6 Å². The van der Waals surface area contributed by atoms with Crippen LogP contribution >= 0.6 is 0 Å². The molecule has 2 rings (SSSR count). The van der Waals surface area contributed by atoms with Crippen LogP contribution in [-0.4, -0.2) is 21.7 Å². The third-order valence-electron chi connectivity index (χ3n) is 2.17. The van der Waals surface area contributed by atoms with Crippen molar-refractivity contribution in [3.05, 3.63) is 30.7 Å². The Morgan fingerprint density at radius 3 is 2.76 bits per heavy atom. The molecular formula is C11H15N5O. The van der Waals surface area contributed by atoms with Gasteiger partial charge in [-0.2, -0.15) is 4.98 Å². The lowest BCUT2D eigenvalue weighted by atomic mass is 10.3. The molecule has 0 saturated carbocycles. The topological polar surface area (TPSA) is 75.9 Å². The van der Waals surface area contributed by atoms with Gasteiger partial charge in [-0.3, -0.25) is 4.98 Å². The minimum absolute atomic E-state index is 0.523. The number of anilines is 2. The third-order valence-corrected chi connectivity index (χ3v) is 2.17. The molecule has 2 aromatic rings. The highest BCUT2D eigenvalue weighted by atomic mass is 16.5. The van der Waals surface area contributed by atoms with Crippen molar-refractivity contribution in [2.75, 3.05) is 17.2 Å². The van der Waals surface area contributed by atoms with Crippen LogP contribution in [0.2, 0.25) is 0 Å². The summed E-state index contributed by atoms with van der Waals surface area (Å²) in [5.74, 6) is 0.622. The van der Waals surface area contributed by atoms with Gasteiger partial charge in [-0.25, -0.2) is 0 Å². The zero-order chi connectivity index (χ0) is 11.9. The Labute approximate surface area is 99.5 Å². The Morgan fingerprint density at radius 2 is 2.06 bits per heavy atom. The van der Waals surface area contributed by atoms with E-state index in [-0.39, 0.29) is 0 Å². The number of pyridine rings is 1. The number of rotatable bonds is 6. The summed E-state index contributed by atoms with van der Waals surface area (Å²) in [5.41, 5.74) is 1.93. The van der Waals surface area contributed by atoms with E-state index >= 15 is 0 Å². The molecule has 2 heterocycles. The van der Waals surface area contributed by atoms with Crippen LogP contribution in [0.25, 0.3) is 0 Å². The first-order valence-corrected chi connectivity index (χ1v) is 5.56. The molecule has 17 heavy (non-hydrogen) atoms. The molecule has 0 fully saturated rings. The zero-order valence-electron chi connectivity index (χ0n) is 9.68. The Bertz CT molecular complexity index is 443. The van der Waals surface area contributed by atoms with Crippen LogP contribution in [0.15, 0.2) is 29.4 Å². The highest BCUT2D eigenvalue weighted by Gasteiger charge is 1.99. The summed E-state index contributed by atoms with van der Waals surface area (Å²) in [7, 11) is 0. The summed E-state index contributed by atoms with van der Waals surface area (Å²) in [6, 6.07) is 2.00. The Balaban J connectivity index is 1.91. The van der Waals surface area contributed by atoms with Crippen molar-refractivity contribution >= 4 is 11.4 Å². The molecule has 0 unspecified atom stereocenters. The minimum atomic E-state index is 0.523. The summed E-state index contributed by atoms with van der Waals surface area (Å²) in [5, 5.41) is 10.2. The van der Waals surface area contributed by atoms with Crippen molar-refractivity contribution in [1.82, 2.24) is 15.1 Å². The molecule has 0 atom stereocenters. The molecule has 0 aromatic carbocycles. The second kappa shape index (κ2) is 5.83. The Morgan fingerprint density at radius 1 is 1.24 bits per heavy atom. The van der Waals surface area contributed by atoms with E-state index in [2.05, 4.69) is 37.2 Å². The summed E-state index contributed by atoms with van der Waals surface area (Å²) in [4.78, 5) is 8.08. The smallest absolute Gasteiger partial charge is 0.213 e. The van der Waals surface area contributed by atoms with Gasteiger partial charge in [0.1, 0.15) is 0 Å². The first kappa shape index (κ1) is 11.4. The molecule has 0 amide bonds. The maximum atomic E-state index is 4.65. The van der Waals surface area contributed by atoms with E-state index in [1.54, 1.807) is 12.4 Å². The fraction of sp³-hybridized carbons (Fsp3) is 0.364. The second-order valence-electron chi connectivity index (χ2n) is 3.59. The lowest BCUT2D eigenvalue weighted by molar-refractivity contribution is 0.411. The van der Waals surface area contributed by atoms with E-state index < -0.39 is 0 Å². The van der Waals surface area contributed by atoms with Crippen molar-refractivity contribution in [1.29, 1.82) is 0 Å². The third kappa shape index (κ3) is 3.44. The van der Waals surface area contributed by atoms with Crippen molar-refractivity contribution in [2.45, 2.75) is 19.9 Å². The maximum Gasteiger partial charge on any atom is 0.213 e. The van der Waals surface area contributed by atoms with Gasteiger partial charge in [-0.05, 0) is 12.5 Å². The number of nitrogens with zero attached hydrogens (tertiary/aromatic N) is 3. The van der Waals surface area contributed by atoms with E-state index in [9.17, 15) is 0 Å². The summed E-state index contributed by atoms with van der Waals surface area (Å²) >= 11 is 0. The van der Waals surface area contributed by atoms with Gasteiger partial charge < -0.3 is 15.2 Å². The largest absolute Gasteiger partial charge is 0.384 e. The Kier molecular flexibility index (Phi) is 3.90. The lowest BCUT2D eigenvalue weighted by Gasteiger charge is -2.07. The standard InChI is InChI=1S/C11H15N5O/c1-2-3-13-9-4-10(6-12-5-9)14-7-11-15-8-17-16-11/h4-6,8,13-14H,2-3,7H2,1H3. The second-order valence-corrected chi connectivity index (χ2v) is 3.59. The van der Waals surface area contributed by atoms with E-state index in [1.165, 1.54) is 6.39 Å². The van der Waals surface area contributed by atoms with Crippen LogP contribution in [0.4, 0.5) is 11.4 Å². The Hall–Kier alpha value is -2.11. The molecule has 2 aromatic heterocycles. The van der Waals surface area contributed by atoms with Gasteiger partial charge in [0, 0.05) is 6.54 Å². The summed E-state index contributed by atoms with van der Waals surface area (Å²) in [6.45, 7) is 3.59. The molecule has 0 radical (unpaired) electrons. The normalized spacial score (nSPS) is 10.2. The maximum absolute atomic E-state index is 4.65. The quantitative estimate of drug-likeness (QED) is 0.793. The van der Waals surface area contributed by atoms with Gasteiger partial charge in [0.25, 0.3) is 0 Å². The fourth-order valence-electron chi connectivity index (χ4n) is 1.35. The average molecular weight is 233 g/mol. The molecule has 0 aliphatic heterocycles. The highest BCUT2D eigenvalue weighted by molar-refractivity contribution is 5.53. The minimum Gasteiger partial charge on any atom is -0.384 e. The fourth-order valence-corrected chi connectivity index (χ4v) is 1.35. The van der Waals surface area contributed by atoms with E-state index in [0.29, 0.717) is 12.4 Å². The number of nitrogens with one attached hydrogen (secondary N) is 2. The number of hydrogen-bond donors (Lipinski definition) is 2. The van der Waals surface area contributed by atoms with Crippen molar-refractivity contribution < 1.29 is 4.52 Å².